The van der Waals surface area contributed by atoms with Crippen LogP contribution in [0.1, 0.15) is 29.8 Å². The van der Waals surface area contributed by atoms with Crippen LogP contribution in [0.5, 0.6) is 0 Å². The number of hydrogen-bond donors (Lipinski definition) is 0. The highest BCUT2D eigenvalue weighted by molar-refractivity contribution is 6.34. The van der Waals surface area contributed by atoms with Crippen LogP contribution in [0.15, 0.2) is 6.07 Å². The first-order valence-corrected chi connectivity index (χ1v) is 4.68. The Hall–Kier alpha value is -0.600. The molecule has 0 amide bonds. The number of aldehydes is 1. The van der Waals surface area contributed by atoms with Crippen LogP contribution in [0.4, 0.5) is 0 Å². The monoisotopic (exact) mass is 219 g/mol. The Bertz CT molecular complexity index is 277. The molecule has 1 aromatic rings. The third-order valence-electron chi connectivity index (χ3n) is 1.31. The van der Waals surface area contributed by atoms with E-state index in [9.17, 15) is 4.79 Å². The van der Waals surface area contributed by atoms with Crippen LogP contribution in [0.3, 0.4) is 0 Å². The van der Waals surface area contributed by atoms with Crippen LogP contribution in [0.2, 0.25) is 10.3 Å². The van der Waals surface area contributed by atoms with E-state index in [1.807, 2.05) is 13.8 Å². The Morgan fingerprint density at radius 1 is 1.38 bits per heavy atom. The number of nitrogens with zero attached hydrogens (tertiary/aromatic N) is 1. The second-order valence-corrected chi connectivity index (χ2v) is 2.83. The Kier molecular flexibility index (Phi) is 5.67. The van der Waals surface area contributed by atoms with Gasteiger partial charge in [0.1, 0.15) is 10.3 Å². The van der Waals surface area contributed by atoms with E-state index in [-0.39, 0.29) is 5.15 Å². The fourth-order valence-electron chi connectivity index (χ4n) is 0.747. The van der Waals surface area contributed by atoms with Gasteiger partial charge in [0.15, 0.2) is 6.29 Å². The van der Waals surface area contributed by atoms with E-state index in [4.69, 9.17) is 23.2 Å². The molecule has 1 heterocycles. The first-order chi connectivity index (χ1) is 6.15. The van der Waals surface area contributed by atoms with Crippen LogP contribution in [0.25, 0.3) is 0 Å². The molecule has 0 aliphatic heterocycles. The highest BCUT2D eigenvalue weighted by Gasteiger charge is 2.05. The van der Waals surface area contributed by atoms with E-state index in [1.54, 1.807) is 13.0 Å². The first kappa shape index (κ1) is 12.4. The Labute approximate surface area is 87.9 Å². The maximum absolute atomic E-state index is 10.4. The maximum Gasteiger partial charge on any atom is 0.153 e. The van der Waals surface area contributed by atoms with Crippen molar-refractivity contribution in [3.05, 3.63) is 27.5 Å². The van der Waals surface area contributed by atoms with Crippen LogP contribution >= 0.6 is 23.2 Å². The van der Waals surface area contributed by atoms with E-state index in [0.717, 1.165) is 5.56 Å². The predicted octanol–water partition coefficient (Wildman–Crippen LogP) is 3.54. The summed E-state index contributed by atoms with van der Waals surface area (Å²) in [5.41, 5.74) is 1.14. The minimum atomic E-state index is 0.157. The summed E-state index contributed by atoms with van der Waals surface area (Å²) in [4.78, 5) is 14.1. The summed E-state index contributed by atoms with van der Waals surface area (Å²) < 4.78 is 0. The quantitative estimate of drug-likeness (QED) is 0.535. The fourth-order valence-corrected chi connectivity index (χ4v) is 1.32. The second kappa shape index (κ2) is 5.95. The number of carbonyl (C=O) groups excluding carboxylic acids is 1. The minimum Gasteiger partial charge on any atom is -0.298 e. The summed E-state index contributed by atoms with van der Waals surface area (Å²) >= 11 is 11.2. The van der Waals surface area contributed by atoms with E-state index in [0.29, 0.717) is 17.0 Å². The molecule has 72 valence electrons. The molecule has 0 radical (unpaired) electrons. The molecule has 0 bridgehead atoms. The molecule has 0 atom stereocenters. The molecular weight excluding hydrogens is 209 g/mol. The zero-order valence-electron chi connectivity index (χ0n) is 7.77. The molecule has 0 unspecified atom stereocenters. The van der Waals surface area contributed by atoms with Gasteiger partial charge in [0.25, 0.3) is 0 Å². The topological polar surface area (TPSA) is 30.0 Å². The van der Waals surface area contributed by atoms with Crippen molar-refractivity contribution < 1.29 is 4.79 Å². The van der Waals surface area contributed by atoms with Crippen LogP contribution in [0, 0.1) is 6.92 Å². The average Bonchev–Trinajstić information content (AvgIpc) is 2.07. The molecule has 13 heavy (non-hydrogen) atoms. The molecule has 0 spiro atoms. The SMILES string of the molecule is CC.Cc1cc(Cl)nc(Cl)c1C=O. The first-order valence-electron chi connectivity index (χ1n) is 3.93. The van der Waals surface area contributed by atoms with Gasteiger partial charge in [0, 0.05) is 0 Å². The molecular formula is C9H11Cl2NO. The highest BCUT2D eigenvalue weighted by atomic mass is 35.5. The van der Waals surface area contributed by atoms with E-state index < -0.39 is 0 Å². The molecule has 0 N–H and O–H groups in total. The summed E-state index contributed by atoms with van der Waals surface area (Å²) in [6, 6.07) is 1.59. The molecule has 0 aliphatic rings. The lowest BCUT2D eigenvalue weighted by atomic mass is 10.2. The standard InChI is InChI=1S/C7H5Cl2NO.C2H6/c1-4-2-6(8)10-7(9)5(4)3-11;1-2/h2-3H,1H3;1-2H3. The van der Waals surface area contributed by atoms with E-state index >= 15 is 0 Å². The van der Waals surface area contributed by atoms with Gasteiger partial charge >= 0.3 is 0 Å². The third-order valence-corrected chi connectivity index (χ3v) is 1.79. The van der Waals surface area contributed by atoms with Crippen molar-refractivity contribution in [2.24, 2.45) is 0 Å². The molecule has 0 saturated carbocycles. The second-order valence-electron chi connectivity index (χ2n) is 2.08. The lowest BCUT2D eigenvalue weighted by Crippen LogP contribution is -1.91. The molecule has 0 saturated heterocycles. The predicted molar refractivity (Wildman–Crippen MR) is 55.7 cm³/mol. The van der Waals surface area contributed by atoms with Gasteiger partial charge in [-0.2, -0.15) is 0 Å². The summed E-state index contributed by atoms with van der Waals surface area (Å²) in [5, 5.41) is 0.461. The van der Waals surface area contributed by atoms with Gasteiger partial charge in [-0.15, -0.1) is 0 Å². The van der Waals surface area contributed by atoms with Crippen molar-refractivity contribution in [1.29, 1.82) is 0 Å². The summed E-state index contributed by atoms with van der Waals surface area (Å²) in [6.07, 6.45) is 0.668. The molecule has 0 aromatic carbocycles. The fraction of sp³-hybridized carbons (Fsp3) is 0.333. The van der Waals surface area contributed by atoms with Crippen molar-refractivity contribution in [2.45, 2.75) is 20.8 Å². The van der Waals surface area contributed by atoms with Crippen molar-refractivity contribution in [2.75, 3.05) is 0 Å². The van der Waals surface area contributed by atoms with Gasteiger partial charge in [-0.1, -0.05) is 37.0 Å². The van der Waals surface area contributed by atoms with Gasteiger partial charge in [-0.05, 0) is 18.6 Å². The number of rotatable bonds is 1. The molecule has 2 nitrogen and oxygen atoms in total. The van der Waals surface area contributed by atoms with Crippen molar-refractivity contribution in [3.63, 3.8) is 0 Å². The van der Waals surface area contributed by atoms with E-state index in [2.05, 4.69) is 4.98 Å². The number of carbonyl (C=O) groups is 1. The minimum absolute atomic E-state index is 0.157. The van der Waals surface area contributed by atoms with E-state index in [1.165, 1.54) is 0 Å². The molecule has 1 rings (SSSR count). The third kappa shape index (κ3) is 3.33. The van der Waals surface area contributed by atoms with Gasteiger partial charge in [-0.3, -0.25) is 4.79 Å². The normalized spacial score (nSPS) is 8.69. The maximum atomic E-state index is 10.4. The Morgan fingerprint density at radius 2 is 1.92 bits per heavy atom. The smallest absolute Gasteiger partial charge is 0.153 e. The number of aryl methyl sites for hydroxylation is 1. The molecule has 0 fully saturated rings. The van der Waals surface area contributed by atoms with Gasteiger partial charge in [-0.25, -0.2) is 4.98 Å². The van der Waals surface area contributed by atoms with Gasteiger partial charge < -0.3 is 0 Å². The van der Waals surface area contributed by atoms with Crippen molar-refractivity contribution in [3.8, 4) is 0 Å². The number of hydrogen-bond acceptors (Lipinski definition) is 2. The number of aromatic nitrogens is 1. The van der Waals surface area contributed by atoms with Crippen molar-refractivity contribution in [1.82, 2.24) is 4.98 Å². The van der Waals surface area contributed by atoms with Gasteiger partial charge in [0.05, 0.1) is 5.56 Å². The highest BCUT2D eigenvalue weighted by Crippen LogP contribution is 2.18. The largest absolute Gasteiger partial charge is 0.298 e. The Morgan fingerprint density at radius 3 is 2.31 bits per heavy atom. The summed E-state index contributed by atoms with van der Waals surface area (Å²) in [6.45, 7) is 5.75. The molecule has 4 heteroatoms. The Balaban J connectivity index is 0.000000671. The number of halogens is 2. The van der Waals surface area contributed by atoms with Crippen LogP contribution in [-0.4, -0.2) is 11.3 Å². The summed E-state index contributed by atoms with van der Waals surface area (Å²) in [5.74, 6) is 0. The number of pyridine rings is 1. The zero-order chi connectivity index (χ0) is 10.4. The summed E-state index contributed by atoms with van der Waals surface area (Å²) in [7, 11) is 0. The van der Waals surface area contributed by atoms with Crippen LogP contribution < -0.4 is 0 Å². The average molecular weight is 220 g/mol. The van der Waals surface area contributed by atoms with Gasteiger partial charge in [0.2, 0.25) is 0 Å². The molecule has 1 aromatic heterocycles. The molecule has 0 aliphatic carbocycles. The lowest BCUT2D eigenvalue weighted by Gasteiger charge is -1.99. The lowest BCUT2D eigenvalue weighted by molar-refractivity contribution is 0.112. The van der Waals surface area contributed by atoms with Crippen LogP contribution in [-0.2, 0) is 0 Å². The van der Waals surface area contributed by atoms with Crippen molar-refractivity contribution >= 4 is 29.5 Å². The zero-order valence-corrected chi connectivity index (χ0v) is 9.28.